The maximum absolute atomic E-state index is 12.9. The number of aliphatic carboxylic acids is 1. The van der Waals surface area contributed by atoms with Crippen molar-refractivity contribution in [2.24, 2.45) is 0 Å². The Labute approximate surface area is 174 Å². The van der Waals surface area contributed by atoms with Crippen molar-refractivity contribution in [3.05, 3.63) is 89.5 Å². The number of carbonyl (C=O) groups excluding carboxylic acids is 1. The van der Waals surface area contributed by atoms with Gasteiger partial charge in [-0.2, -0.15) is 0 Å². The maximum Gasteiger partial charge on any atom is 0.411 e. The average molecular weight is 402 g/mol. The molecule has 30 heavy (non-hydrogen) atoms. The fraction of sp³-hybridized carbons (Fsp3) is 0.167. The van der Waals surface area contributed by atoms with E-state index in [0.29, 0.717) is 5.69 Å². The largest absolute Gasteiger partial charge is 0.480 e. The number of amides is 1. The quantitative estimate of drug-likeness (QED) is 0.627. The van der Waals surface area contributed by atoms with Crippen molar-refractivity contribution in [1.29, 1.82) is 0 Å². The van der Waals surface area contributed by atoms with Crippen molar-refractivity contribution < 1.29 is 19.4 Å². The van der Waals surface area contributed by atoms with E-state index >= 15 is 0 Å². The van der Waals surface area contributed by atoms with Gasteiger partial charge in [0.25, 0.3) is 0 Å². The molecule has 6 heteroatoms. The predicted molar refractivity (Wildman–Crippen MR) is 114 cm³/mol. The number of carboxylic acids is 1. The first-order valence-electron chi connectivity index (χ1n) is 9.63. The summed E-state index contributed by atoms with van der Waals surface area (Å²) in [6.45, 7) is 0. The van der Waals surface area contributed by atoms with Crippen molar-refractivity contribution >= 4 is 17.7 Å². The molecule has 6 nitrogen and oxygen atoms in total. The summed E-state index contributed by atoms with van der Waals surface area (Å²) in [5.74, 6) is -1.10. The molecule has 1 aliphatic carbocycles. The Morgan fingerprint density at radius 2 is 1.50 bits per heavy atom. The molecular weight excluding hydrogens is 380 g/mol. The molecule has 0 radical (unpaired) electrons. The van der Waals surface area contributed by atoms with Crippen LogP contribution in [0.25, 0.3) is 11.1 Å². The van der Waals surface area contributed by atoms with Crippen LogP contribution in [0.4, 0.5) is 10.5 Å². The molecule has 1 atom stereocenters. The molecule has 0 fully saturated rings. The van der Waals surface area contributed by atoms with E-state index < -0.39 is 24.1 Å². The first-order chi connectivity index (χ1) is 14.5. The lowest BCUT2D eigenvalue weighted by Crippen LogP contribution is -2.48. The summed E-state index contributed by atoms with van der Waals surface area (Å²) in [7, 11) is 1.27. The molecule has 4 rings (SSSR count). The van der Waals surface area contributed by atoms with Gasteiger partial charge in [-0.25, -0.2) is 9.59 Å². The number of carboxylic acid groups (broad SMARTS) is 1. The van der Waals surface area contributed by atoms with Crippen molar-refractivity contribution in [3.63, 3.8) is 0 Å². The van der Waals surface area contributed by atoms with E-state index in [1.54, 1.807) is 24.3 Å². The molecule has 0 aliphatic heterocycles. The minimum Gasteiger partial charge on any atom is -0.480 e. The molecule has 3 aromatic rings. The van der Waals surface area contributed by atoms with Gasteiger partial charge in [0.15, 0.2) is 0 Å². The van der Waals surface area contributed by atoms with Gasteiger partial charge in [-0.3, -0.25) is 4.90 Å². The number of benzene rings is 3. The number of carbonyl (C=O) groups is 2. The zero-order valence-electron chi connectivity index (χ0n) is 16.5. The number of nitrogens with two attached hydrogens (primary N) is 1. The van der Waals surface area contributed by atoms with Gasteiger partial charge in [-0.15, -0.1) is 0 Å². The van der Waals surface area contributed by atoms with Crippen LogP contribution in [0.15, 0.2) is 72.8 Å². The fourth-order valence-electron chi connectivity index (χ4n) is 4.13. The van der Waals surface area contributed by atoms with E-state index in [0.717, 1.165) is 27.8 Å². The molecule has 0 spiro atoms. The third-order valence-electron chi connectivity index (χ3n) is 5.49. The van der Waals surface area contributed by atoms with Crippen LogP contribution in [0.1, 0.15) is 22.7 Å². The van der Waals surface area contributed by atoms with Gasteiger partial charge in [0.05, 0.1) is 13.2 Å². The Morgan fingerprint density at radius 3 is 2.00 bits per heavy atom. The molecule has 0 saturated carbocycles. The second-order valence-electron chi connectivity index (χ2n) is 7.25. The van der Waals surface area contributed by atoms with Crippen molar-refractivity contribution in [1.82, 2.24) is 4.90 Å². The van der Waals surface area contributed by atoms with Gasteiger partial charge in [0.1, 0.15) is 6.04 Å². The minimum absolute atomic E-state index is 0.131. The molecule has 0 saturated heterocycles. The Kier molecular flexibility index (Phi) is 5.14. The topological polar surface area (TPSA) is 92.9 Å². The van der Waals surface area contributed by atoms with Gasteiger partial charge in [-0.1, -0.05) is 60.7 Å². The number of anilines is 1. The zero-order valence-corrected chi connectivity index (χ0v) is 16.5. The number of methoxy groups -OCH3 is 1. The second-order valence-corrected chi connectivity index (χ2v) is 7.25. The summed E-state index contributed by atoms with van der Waals surface area (Å²) in [5.41, 5.74) is 10.9. The number of nitrogens with zero attached hydrogens (tertiary/aromatic N) is 1. The maximum atomic E-state index is 12.9. The summed E-state index contributed by atoms with van der Waals surface area (Å²) < 4.78 is 5.05. The highest BCUT2D eigenvalue weighted by molar-refractivity contribution is 5.85. The van der Waals surface area contributed by atoms with Gasteiger partial charge < -0.3 is 15.6 Å². The van der Waals surface area contributed by atoms with Crippen LogP contribution < -0.4 is 5.73 Å². The lowest BCUT2D eigenvalue weighted by Gasteiger charge is -2.34. The molecule has 152 valence electrons. The third kappa shape index (κ3) is 3.37. The van der Waals surface area contributed by atoms with E-state index in [-0.39, 0.29) is 6.42 Å². The smallest absolute Gasteiger partial charge is 0.411 e. The van der Waals surface area contributed by atoms with Gasteiger partial charge in [0, 0.05) is 12.1 Å². The highest BCUT2D eigenvalue weighted by Crippen LogP contribution is 2.47. The standard InChI is InChI=1S/C24H22N2O4/c1-30-24(29)26(21(23(27)28)14-15-10-12-16(25)13-11-15)22-19-8-4-2-6-17(19)18-7-3-5-9-20(18)22/h2-13,21-22H,14,25H2,1H3,(H,27,28)/t21-/m0/s1. The van der Waals surface area contributed by atoms with Crippen LogP contribution in [0.3, 0.4) is 0 Å². The summed E-state index contributed by atoms with van der Waals surface area (Å²) in [5, 5.41) is 10.1. The molecule has 0 bridgehead atoms. The van der Waals surface area contributed by atoms with E-state index in [9.17, 15) is 14.7 Å². The highest BCUT2D eigenvalue weighted by atomic mass is 16.5. The molecule has 0 unspecified atom stereocenters. The number of rotatable bonds is 5. The van der Waals surface area contributed by atoms with Crippen molar-refractivity contribution in [2.45, 2.75) is 18.5 Å². The second kappa shape index (κ2) is 7.91. The highest BCUT2D eigenvalue weighted by Gasteiger charge is 2.42. The van der Waals surface area contributed by atoms with E-state index in [1.165, 1.54) is 12.0 Å². The average Bonchev–Trinajstić information content (AvgIpc) is 3.09. The monoisotopic (exact) mass is 402 g/mol. The number of nitrogen functional groups attached to an aromatic ring is 1. The minimum atomic E-state index is -1.12. The number of hydrogen-bond donors (Lipinski definition) is 2. The van der Waals surface area contributed by atoms with Crippen LogP contribution in [0.2, 0.25) is 0 Å². The molecule has 3 aromatic carbocycles. The SMILES string of the molecule is COC(=O)N(C1c2ccccc2-c2ccccc21)[C@@H](Cc1ccc(N)cc1)C(=O)O. The number of ether oxygens (including phenoxy) is 1. The summed E-state index contributed by atoms with van der Waals surface area (Å²) in [6, 6.07) is 20.8. The Hall–Kier alpha value is -3.80. The Morgan fingerprint density at radius 1 is 0.967 bits per heavy atom. The van der Waals surface area contributed by atoms with E-state index in [2.05, 4.69) is 0 Å². The molecule has 0 heterocycles. The lowest BCUT2D eigenvalue weighted by atomic mass is 9.98. The molecule has 0 aromatic heterocycles. The molecule has 1 aliphatic rings. The van der Waals surface area contributed by atoms with E-state index in [1.807, 2.05) is 48.5 Å². The van der Waals surface area contributed by atoms with Crippen LogP contribution in [-0.4, -0.2) is 35.2 Å². The van der Waals surface area contributed by atoms with Gasteiger partial charge in [-0.05, 0) is 39.9 Å². The van der Waals surface area contributed by atoms with E-state index in [4.69, 9.17) is 10.5 Å². The van der Waals surface area contributed by atoms with Crippen LogP contribution in [0.5, 0.6) is 0 Å². The van der Waals surface area contributed by atoms with Crippen molar-refractivity contribution in [3.8, 4) is 11.1 Å². The zero-order chi connectivity index (χ0) is 21.3. The van der Waals surface area contributed by atoms with Gasteiger partial charge >= 0.3 is 12.1 Å². The summed E-state index contributed by atoms with van der Waals surface area (Å²) >= 11 is 0. The first kappa shape index (κ1) is 19.5. The van der Waals surface area contributed by atoms with Crippen LogP contribution in [0, 0.1) is 0 Å². The molecular formula is C24H22N2O4. The number of hydrogen-bond acceptors (Lipinski definition) is 4. The third-order valence-corrected chi connectivity index (χ3v) is 5.49. The first-order valence-corrected chi connectivity index (χ1v) is 9.63. The van der Waals surface area contributed by atoms with Crippen molar-refractivity contribution in [2.75, 3.05) is 12.8 Å². The number of fused-ring (bicyclic) bond motifs is 3. The Bertz CT molecular complexity index is 1050. The molecule has 3 N–H and O–H groups in total. The summed E-state index contributed by atoms with van der Waals surface area (Å²) in [6.07, 6.45) is -0.555. The Balaban J connectivity index is 1.83. The molecule has 1 amide bonds. The summed E-state index contributed by atoms with van der Waals surface area (Å²) in [4.78, 5) is 26.6. The van der Waals surface area contributed by atoms with Gasteiger partial charge in [0.2, 0.25) is 0 Å². The lowest BCUT2D eigenvalue weighted by molar-refractivity contribution is -0.143. The van der Waals surface area contributed by atoms with Crippen LogP contribution in [-0.2, 0) is 16.0 Å². The normalized spacial score (nSPS) is 13.2. The van der Waals surface area contributed by atoms with Crippen LogP contribution >= 0.6 is 0 Å². The fourth-order valence-corrected chi connectivity index (χ4v) is 4.13. The predicted octanol–water partition coefficient (Wildman–Crippen LogP) is 4.10.